The zero-order valence-corrected chi connectivity index (χ0v) is 8.23. The molecule has 64 valence electrons. The van der Waals surface area contributed by atoms with E-state index in [9.17, 15) is 0 Å². The third kappa shape index (κ3) is 2.28. The first-order valence-electron chi connectivity index (χ1n) is 4.52. The molecule has 0 bridgehead atoms. The Bertz CT molecular complexity index is 246. The summed E-state index contributed by atoms with van der Waals surface area (Å²) in [7, 11) is 0. The second-order valence-corrected chi connectivity index (χ2v) is 4.81. The van der Waals surface area contributed by atoms with Gasteiger partial charge in [0.2, 0.25) is 0 Å². The van der Waals surface area contributed by atoms with E-state index in [2.05, 4.69) is 43.0 Å². The van der Waals surface area contributed by atoms with Crippen molar-refractivity contribution in [2.24, 2.45) is 0 Å². The molecule has 0 aromatic heterocycles. The van der Waals surface area contributed by atoms with Gasteiger partial charge in [0, 0.05) is 11.0 Å². The predicted molar refractivity (Wildman–Crippen MR) is 55.7 cm³/mol. The van der Waals surface area contributed by atoms with Gasteiger partial charge in [0.25, 0.3) is 0 Å². The zero-order chi connectivity index (χ0) is 8.39. The van der Waals surface area contributed by atoms with E-state index in [0.717, 1.165) is 5.25 Å². The van der Waals surface area contributed by atoms with E-state index in [1.807, 2.05) is 0 Å². The van der Waals surface area contributed by atoms with Crippen molar-refractivity contribution in [1.29, 1.82) is 0 Å². The maximum absolute atomic E-state index is 2.25. The Hall–Kier alpha value is -0.430. The highest BCUT2D eigenvalue weighted by Gasteiger charge is 2.21. The van der Waals surface area contributed by atoms with Crippen LogP contribution in [0.2, 0.25) is 0 Å². The van der Waals surface area contributed by atoms with Gasteiger partial charge >= 0.3 is 0 Å². The van der Waals surface area contributed by atoms with Crippen molar-refractivity contribution < 1.29 is 0 Å². The van der Waals surface area contributed by atoms with Crippen LogP contribution in [0.4, 0.5) is 0 Å². The lowest BCUT2D eigenvalue weighted by Gasteiger charge is -1.99. The number of hydrogen-bond acceptors (Lipinski definition) is 1. The SMILES string of the molecule is Cc1ccc(CCC2CS2)cc1. The van der Waals surface area contributed by atoms with Crippen LogP contribution in [0.1, 0.15) is 17.5 Å². The molecule has 1 unspecified atom stereocenters. The third-order valence-electron chi connectivity index (χ3n) is 2.28. The molecule has 0 N–H and O–H groups in total. The van der Waals surface area contributed by atoms with Crippen molar-refractivity contribution in [2.45, 2.75) is 25.0 Å². The highest BCUT2D eigenvalue weighted by molar-refractivity contribution is 8.06. The molecule has 1 aromatic rings. The van der Waals surface area contributed by atoms with Gasteiger partial charge in [0.05, 0.1) is 0 Å². The predicted octanol–water partition coefficient (Wildman–Crippen LogP) is 3.04. The first kappa shape index (κ1) is 8.18. The Labute approximate surface area is 78.4 Å². The first-order chi connectivity index (χ1) is 5.84. The summed E-state index contributed by atoms with van der Waals surface area (Å²) in [5.41, 5.74) is 2.85. The summed E-state index contributed by atoms with van der Waals surface area (Å²) < 4.78 is 0. The molecule has 0 radical (unpaired) electrons. The molecule has 0 aliphatic carbocycles. The van der Waals surface area contributed by atoms with Gasteiger partial charge in [0.15, 0.2) is 0 Å². The van der Waals surface area contributed by atoms with Crippen LogP contribution in [0.3, 0.4) is 0 Å². The van der Waals surface area contributed by atoms with Gasteiger partial charge in [0.1, 0.15) is 0 Å². The van der Waals surface area contributed by atoms with Crippen LogP contribution in [-0.2, 0) is 6.42 Å². The van der Waals surface area contributed by atoms with Crippen molar-refractivity contribution in [3.63, 3.8) is 0 Å². The lowest BCUT2D eigenvalue weighted by atomic mass is 10.1. The van der Waals surface area contributed by atoms with E-state index >= 15 is 0 Å². The molecule has 12 heavy (non-hydrogen) atoms. The minimum absolute atomic E-state index is 0.978. The number of hydrogen-bond donors (Lipinski definition) is 0. The smallest absolute Gasteiger partial charge is 0.0141 e. The fourth-order valence-corrected chi connectivity index (χ4v) is 1.90. The molecule has 0 amide bonds. The Morgan fingerprint density at radius 2 is 2.00 bits per heavy atom. The summed E-state index contributed by atoms with van der Waals surface area (Å²) in [6.07, 6.45) is 2.63. The van der Waals surface area contributed by atoms with Gasteiger partial charge in [-0.1, -0.05) is 29.8 Å². The molecule has 1 aliphatic rings. The van der Waals surface area contributed by atoms with Crippen molar-refractivity contribution in [2.75, 3.05) is 5.75 Å². The summed E-state index contributed by atoms with van der Waals surface area (Å²) in [6, 6.07) is 8.91. The molecule has 1 heterocycles. The van der Waals surface area contributed by atoms with E-state index in [4.69, 9.17) is 0 Å². The molecule has 1 fully saturated rings. The monoisotopic (exact) mass is 178 g/mol. The summed E-state index contributed by atoms with van der Waals surface area (Å²) in [5.74, 6) is 1.39. The van der Waals surface area contributed by atoms with Crippen molar-refractivity contribution in [3.8, 4) is 0 Å². The lowest BCUT2D eigenvalue weighted by Crippen LogP contribution is -1.89. The number of benzene rings is 1. The molecule has 1 aromatic carbocycles. The highest BCUT2D eigenvalue weighted by Crippen LogP contribution is 2.33. The Balaban J connectivity index is 1.89. The fourth-order valence-electron chi connectivity index (χ4n) is 1.32. The first-order valence-corrected chi connectivity index (χ1v) is 5.56. The molecule has 1 atom stereocenters. The lowest BCUT2D eigenvalue weighted by molar-refractivity contribution is 0.859. The Morgan fingerprint density at radius 1 is 1.33 bits per heavy atom. The normalized spacial score (nSPS) is 20.9. The number of rotatable bonds is 3. The molecule has 0 spiro atoms. The largest absolute Gasteiger partial charge is 0.157 e. The summed E-state index contributed by atoms with van der Waals surface area (Å²) in [4.78, 5) is 0. The highest BCUT2D eigenvalue weighted by atomic mass is 32.2. The minimum Gasteiger partial charge on any atom is -0.157 e. The average Bonchev–Trinajstić information content (AvgIpc) is 2.87. The summed E-state index contributed by atoms with van der Waals surface area (Å²) in [5, 5.41) is 0.978. The van der Waals surface area contributed by atoms with Crippen LogP contribution < -0.4 is 0 Å². The van der Waals surface area contributed by atoms with Crippen LogP contribution in [0.15, 0.2) is 24.3 Å². The minimum atomic E-state index is 0.978. The van der Waals surface area contributed by atoms with Gasteiger partial charge in [-0.2, -0.15) is 11.8 Å². The molecule has 1 heteroatoms. The molecule has 2 rings (SSSR count). The molecule has 0 nitrogen and oxygen atoms in total. The topological polar surface area (TPSA) is 0 Å². The van der Waals surface area contributed by atoms with Crippen LogP contribution in [-0.4, -0.2) is 11.0 Å². The molecule has 1 aliphatic heterocycles. The number of aryl methyl sites for hydroxylation is 2. The summed E-state index contributed by atoms with van der Waals surface area (Å²) in [6.45, 7) is 2.14. The van der Waals surface area contributed by atoms with Crippen molar-refractivity contribution >= 4 is 11.8 Å². The van der Waals surface area contributed by atoms with E-state index in [1.54, 1.807) is 0 Å². The number of thioether (sulfide) groups is 1. The van der Waals surface area contributed by atoms with Crippen molar-refractivity contribution in [3.05, 3.63) is 35.4 Å². The second-order valence-electron chi connectivity index (χ2n) is 3.48. The second kappa shape index (κ2) is 3.53. The molecule has 0 saturated carbocycles. The van der Waals surface area contributed by atoms with E-state index < -0.39 is 0 Å². The van der Waals surface area contributed by atoms with Crippen LogP contribution in [0.5, 0.6) is 0 Å². The molecular weight excluding hydrogens is 164 g/mol. The van der Waals surface area contributed by atoms with E-state index in [0.29, 0.717) is 0 Å². The van der Waals surface area contributed by atoms with Gasteiger partial charge < -0.3 is 0 Å². The Morgan fingerprint density at radius 3 is 2.58 bits per heavy atom. The van der Waals surface area contributed by atoms with Crippen LogP contribution >= 0.6 is 11.8 Å². The van der Waals surface area contributed by atoms with E-state index in [-0.39, 0.29) is 0 Å². The van der Waals surface area contributed by atoms with Crippen molar-refractivity contribution in [1.82, 2.24) is 0 Å². The molecular formula is C11H14S. The van der Waals surface area contributed by atoms with Gasteiger partial charge in [-0.25, -0.2) is 0 Å². The standard InChI is InChI=1S/C11H14S/c1-9-2-4-10(5-3-9)6-7-11-8-12-11/h2-5,11H,6-8H2,1H3. The maximum atomic E-state index is 2.25. The average molecular weight is 178 g/mol. The van der Waals surface area contributed by atoms with Crippen LogP contribution in [0.25, 0.3) is 0 Å². The quantitative estimate of drug-likeness (QED) is 0.641. The van der Waals surface area contributed by atoms with E-state index in [1.165, 1.54) is 29.7 Å². The van der Waals surface area contributed by atoms with Gasteiger partial charge in [-0.05, 0) is 25.3 Å². The molecule has 1 saturated heterocycles. The summed E-state index contributed by atoms with van der Waals surface area (Å²) >= 11 is 2.09. The van der Waals surface area contributed by atoms with Gasteiger partial charge in [-0.15, -0.1) is 0 Å². The maximum Gasteiger partial charge on any atom is 0.0141 e. The van der Waals surface area contributed by atoms with Gasteiger partial charge in [-0.3, -0.25) is 0 Å². The fraction of sp³-hybridized carbons (Fsp3) is 0.455. The van der Waals surface area contributed by atoms with Crippen LogP contribution in [0, 0.1) is 6.92 Å². The third-order valence-corrected chi connectivity index (χ3v) is 3.32. The Kier molecular flexibility index (Phi) is 2.40. The zero-order valence-electron chi connectivity index (χ0n) is 7.42.